The van der Waals surface area contributed by atoms with Gasteiger partial charge in [-0.25, -0.2) is 4.39 Å². The second-order valence-corrected chi connectivity index (χ2v) is 5.59. The minimum atomic E-state index is -1.00. The number of hydrogen-bond acceptors (Lipinski definition) is 2. The van der Waals surface area contributed by atoms with E-state index in [0.29, 0.717) is 0 Å². The molecule has 2 rings (SSSR count). The van der Waals surface area contributed by atoms with Gasteiger partial charge in [0.15, 0.2) is 0 Å². The molecule has 3 nitrogen and oxygen atoms in total. The van der Waals surface area contributed by atoms with Crippen molar-refractivity contribution in [3.05, 3.63) is 35.6 Å². The fourth-order valence-electron chi connectivity index (χ4n) is 3.03. The highest BCUT2D eigenvalue weighted by Crippen LogP contribution is 2.41. The Morgan fingerprint density at radius 1 is 1.40 bits per heavy atom. The zero-order valence-corrected chi connectivity index (χ0v) is 11.9. The van der Waals surface area contributed by atoms with Crippen LogP contribution in [0.4, 0.5) is 4.39 Å². The van der Waals surface area contributed by atoms with Crippen LogP contribution < -0.4 is 5.32 Å². The first-order chi connectivity index (χ1) is 9.59. The Morgan fingerprint density at radius 2 is 2.05 bits per heavy atom. The third-order valence-electron chi connectivity index (χ3n) is 4.44. The molecule has 1 aliphatic carbocycles. The third-order valence-corrected chi connectivity index (χ3v) is 4.44. The maximum Gasteiger partial charge on any atom is 0.226 e. The van der Waals surface area contributed by atoms with Crippen molar-refractivity contribution in [3.63, 3.8) is 0 Å². The van der Waals surface area contributed by atoms with Gasteiger partial charge in [0.1, 0.15) is 5.82 Å². The van der Waals surface area contributed by atoms with E-state index in [-0.39, 0.29) is 23.4 Å². The van der Waals surface area contributed by atoms with Crippen molar-refractivity contribution >= 4 is 5.91 Å². The van der Waals surface area contributed by atoms with Gasteiger partial charge in [-0.05, 0) is 25.3 Å². The number of carbonyl (C=O) groups excluding carboxylic acids is 1. The fraction of sp³-hybridized carbons (Fsp3) is 0.562. The molecule has 1 fully saturated rings. The van der Waals surface area contributed by atoms with Crippen molar-refractivity contribution < 1.29 is 14.3 Å². The first-order valence-corrected chi connectivity index (χ1v) is 7.30. The average Bonchev–Trinajstić information content (AvgIpc) is 2.95. The van der Waals surface area contributed by atoms with Gasteiger partial charge >= 0.3 is 0 Å². The van der Waals surface area contributed by atoms with Crippen molar-refractivity contribution in [3.8, 4) is 0 Å². The second-order valence-electron chi connectivity index (χ2n) is 5.59. The summed E-state index contributed by atoms with van der Waals surface area (Å²) in [7, 11) is 0. The number of nitrogens with one attached hydrogen (secondary N) is 1. The van der Waals surface area contributed by atoms with E-state index in [4.69, 9.17) is 0 Å². The molecular weight excluding hydrogens is 257 g/mol. The normalized spacial score (nSPS) is 18.8. The molecule has 0 spiro atoms. The van der Waals surface area contributed by atoms with Gasteiger partial charge in [-0.3, -0.25) is 4.79 Å². The van der Waals surface area contributed by atoms with Gasteiger partial charge in [0.2, 0.25) is 5.91 Å². The van der Waals surface area contributed by atoms with Crippen molar-refractivity contribution in [1.29, 1.82) is 0 Å². The lowest BCUT2D eigenvalue weighted by Crippen LogP contribution is -2.40. The van der Waals surface area contributed by atoms with E-state index in [0.717, 1.165) is 32.1 Å². The Hall–Kier alpha value is -1.42. The zero-order valence-electron chi connectivity index (χ0n) is 11.9. The Kier molecular flexibility index (Phi) is 4.76. The molecule has 2 N–H and O–H groups in total. The monoisotopic (exact) mass is 279 g/mol. The van der Waals surface area contributed by atoms with Crippen molar-refractivity contribution in [2.24, 2.45) is 5.41 Å². The van der Waals surface area contributed by atoms with E-state index in [1.165, 1.54) is 12.1 Å². The van der Waals surface area contributed by atoms with Crippen LogP contribution >= 0.6 is 0 Å². The number of halogens is 1. The number of hydrogen-bond donors (Lipinski definition) is 2. The first kappa shape index (κ1) is 15.0. The summed E-state index contributed by atoms with van der Waals surface area (Å²) < 4.78 is 13.5. The van der Waals surface area contributed by atoms with Gasteiger partial charge in [-0.1, -0.05) is 38.0 Å². The van der Waals surface area contributed by atoms with E-state index in [1.807, 2.05) is 6.92 Å². The minimum Gasteiger partial charge on any atom is -0.386 e. The van der Waals surface area contributed by atoms with Crippen LogP contribution in [0.3, 0.4) is 0 Å². The molecule has 20 heavy (non-hydrogen) atoms. The predicted octanol–water partition coefficient (Wildman–Crippen LogP) is 2.95. The molecule has 0 aromatic heterocycles. The lowest BCUT2D eigenvalue weighted by molar-refractivity contribution is -0.131. The van der Waals surface area contributed by atoms with Gasteiger partial charge in [0.25, 0.3) is 0 Å². The van der Waals surface area contributed by atoms with Crippen molar-refractivity contribution in [1.82, 2.24) is 5.32 Å². The summed E-state index contributed by atoms with van der Waals surface area (Å²) >= 11 is 0. The third kappa shape index (κ3) is 3.01. The van der Waals surface area contributed by atoms with Gasteiger partial charge < -0.3 is 10.4 Å². The standard InChI is InChI=1S/C16H22FNO2/c1-2-16(9-5-6-10-16)15(20)18-11-14(19)12-7-3-4-8-13(12)17/h3-4,7-8,14,19H,2,5-6,9-11H2,1H3,(H,18,20). The summed E-state index contributed by atoms with van der Waals surface area (Å²) in [6.07, 6.45) is 3.79. The number of rotatable bonds is 5. The van der Waals surface area contributed by atoms with Gasteiger partial charge in [-0.15, -0.1) is 0 Å². The Labute approximate surface area is 119 Å². The number of carbonyl (C=O) groups is 1. The fourth-order valence-corrected chi connectivity index (χ4v) is 3.03. The SMILES string of the molecule is CCC1(C(=O)NCC(O)c2ccccc2F)CCCC1. The largest absolute Gasteiger partial charge is 0.386 e. The number of benzene rings is 1. The summed E-state index contributed by atoms with van der Waals surface area (Å²) in [5.74, 6) is -0.451. The lowest BCUT2D eigenvalue weighted by Gasteiger charge is -2.26. The molecule has 1 amide bonds. The smallest absolute Gasteiger partial charge is 0.226 e. The molecular formula is C16H22FNO2. The molecule has 0 aliphatic heterocycles. The molecule has 1 unspecified atom stereocenters. The molecule has 1 saturated carbocycles. The molecule has 0 heterocycles. The minimum absolute atomic E-state index is 0.00658. The summed E-state index contributed by atoms with van der Waals surface area (Å²) in [4.78, 5) is 12.3. The zero-order chi connectivity index (χ0) is 14.6. The van der Waals surface area contributed by atoms with Crippen LogP contribution in [0.5, 0.6) is 0 Å². The van der Waals surface area contributed by atoms with Crippen LogP contribution in [0.15, 0.2) is 24.3 Å². The average molecular weight is 279 g/mol. The quantitative estimate of drug-likeness (QED) is 0.870. The maximum absolute atomic E-state index is 13.5. The first-order valence-electron chi connectivity index (χ1n) is 7.30. The summed E-state index contributed by atoms with van der Waals surface area (Å²) in [5.41, 5.74) is -0.0561. The van der Waals surface area contributed by atoms with E-state index in [9.17, 15) is 14.3 Å². The molecule has 1 atom stereocenters. The molecule has 0 bridgehead atoms. The molecule has 110 valence electrons. The van der Waals surface area contributed by atoms with E-state index >= 15 is 0 Å². The highest BCUT2D eigenvalue weighted by molar-refractivity contribution is 5.82. The van der Waals surface area contributed by atoms with Crippen molar-refractivity contribution in [2.75, 3.05) is 6.54 Å². The Balaban J connectivity index is 1.95. The maximum atomic E-state index is 13.5. The highest BCUT2D eigenvalue weighted by atomic mass is 19.1. The summed E-state index contributed by atoms with van der Waals surface area (Å²) in [5, 5.41) is 12.8. The molecule has 1 aromatic rings. The Bertz CT molecular complexity index is 469. The van der Waals surface area contributed by atoms with Gasteiger partial charge in [0, 0.05) is 17.5 Å². The van der Waals surface area contributed by atoms with E-state index in [1.54, 1.807) is 12.1 Å². The summed E-state index contributed by atoms with van der Waals surface area (Å²) in [6.45, 7) is 2.08. The van der Waals surface area contributed by atoms with Crippen LogP contribution in [0.2, 0.25) is 0 Å². The molecule has 0 saturated heterocycles. The van der Waals surface area contributed by atoms with Crippen LogP contribution in [0, 0.1) is 11.2 Å². The van der Waals surface area contributed by atoms with Crippen LogP contribution in [-0.4, -0.2) is 17.6 Å². The number of amides is 1. The van der Waals surface area contributed by atoms with Gasteiger partial charge in [-0.2, -0.15) is 0 Å². The van der Waals surface area contributed by atoms with E-state index < -0.39 is 11.9 Å². The Morgan fingerprint density at radius 3 is 2.65 bits per heavy atom. The molecule has 1 aliphatic rings. The van der Waals surface area contributed by atoms with Gasteiger partial charge in [0.05, 0.1) is 6.10 Å². The second kappa shape index (κ2) is 6.35. The topological polar surface area (TPSA) is 49.3 Å². The van der Waals surface area contributed by atoms with Crippen LogP contribution in [-0.2, 0) is 4.79 Å². The lowest BCUT2D eigenvalue weighted by atomic mass is 9.82. The van der Waals surface area contributed by atoms with Crippen LogP contribution in [0.25, 0.3) is 0 Å². The predicted molar refractivity (Wildman–Crippen MR) is 75.6 cm³/mol. The highest BCUT2D eigenvalue weighted by Gasteiger charge is 2.39. The van der Waals surface area contributed by atoms with Crippen LogP contribution in [0.1, 0.15) is 50.7 Å². The van der Waals surface area contributed by atoms with Crippen molar-refractivity contribution in [2.45, 2.75) is 45.1 Å². The number of aliphatic hydroxyl groups excluding tert-OH is 1. The molecule has 0 radical (unpaired) electrons. The molecule has 4 heteroatoms. The molecule has 1 aromatic carbocycles. The van der Waals surface area contributed by atoms with E-state index in [2.05, 4.69) is 5.32 Å². The summed E-state index contributed by atoms with van der Waals surface area (Å²) in [6, 6.07) is 6.10. The number of aliphatic hydroxyl groups is 1.